The molecule has 3 aromatic carbocycles. The molecule has 5 rings (SSSR count). The van der Waals surface area contributed by atoms with Gasteiger partial charge in [-0.05, 0) is 88.2 Å². The number of halogens is 4. The van der Waals surface area contributed by atoms with Crippen molar-refractivity contribution >= 4 is 82.5 Å². The first-order chi connectivity index (χ1) is 24.7. The van der Waals surface area contributed by atoms with Crippen LogP contribution in [0.15, 0.2) is 42.5 Å². The van der Waals surface area contributed by atoms with Crippen molar-refractivity contribution < 1.29 is 27.9 Å². The van der Waals surface area contributed by atoms with Crippen molar-refractivity contribution in [2.45, 2.75) is 104 Å². The number of carbonyl (C=O) groups excluding carboxylic acids is 2. The zero-order chi connectivity index (χ0) is 39.0. The van der Waals surface area contributed by atoms with E-state index in [0.717, 1.165) is 5.39 Å². The molecule has 1 aliphatic rings. The molecule has 1 aromatic heterocycles. The molecule has 0 unspecified atom stereocenters. The lowest BCUT2D eigenvalue weighted by Gasteiger charge is -2.42. The summed E-state index contributed by atoms with van der Waals surface area (Å²) >= 11 is 20.5. The van der Waals surface area contributed by atoms with Crippen molar-refractivity contribution in [2.24, 2.45) is 0 Å². The normalized spacial score (nSPS) is 17.0. The molecule has 1 amide bonds. The van der Waals surface area contributed by atoms with Crippen molar-refractivity contribution in [3.8, 4) is 11.1 Å². The van der Waals surface area contributed by atoms with Gasteiger partial charge >= 0.3 is 12.1 Å². The molecule has 0 radical (unpaired) electrons. The number of carbonyl (C=O) groups is 2. The maximum atomic E-state index is 16.9. The number of aromatic nitrogens is 1. The highest BCUT2D eigenvalue weighted by Crippen LogP contribution is 2.47. The minimum Gasteiger partial charge on any atom is -0.462 e. The number of amides is 1. The van der Waals surface area contributed by atoms with Crippen LogP contribution in [0.5, 0.6) is 0 Å². The number of nitrogens with zero attached hydrogens (tertiary/aromatic N) is 2. The third-order valence-corrected chi connectivity index (χ3v) is 15.7. The summed E-state index contributed by atoms with van der Waals surface area (Å²) in [6.45, 7) is 19.2. The summed E-state index contributed by atoms with van der Waals surface area (Å²) in [7, 11) is -2.05. The fourth-order valence-corrected chi connectivity index (χ4v) is 8.33. The van der Waals surface area contributed by atoms with Crippen molar-refractivity contribution in [2.75, 3.05) is 25.1 Å². The maximum Gasteiger partial charge on any atom is 0.410 e. The topological polar surface area (TPSA) is 90.0 Å². The smallest absolute Gasteiger partial charge is 0.410 e. The molecule has 0 saturated carbocycles. The first-order valence-electron chi connectivity index (χ1n) is 18.0. The highest BCUT2D eigenvalue weighted by molar-refractivity contribution is 6.74. The quantitative estimate of drug-likeness (QED) is 0.102. The molecule has 1 aliphatic heterocycles. The van der Waals surface area contributed by atoms with Crippen molar-refractivity contribution in [1.82, 2.24) is 9.88 Å². The summed E-state index contributed by atoms with van der Waals surface area (Å²) in [6.07, 6.45) is 1.27. The molecule has 2 heterocycles. The highest BCUT2D eigenvalue weighted by atomic mass is 35.5. The van der Waals surface area contributed by atoms with Gasteiger partial charge in [-0.15, -0.1) is 0 Å². The van der Waals surface area contributed by atoms with Crippen LogP contribution in [-0.4, -0.2) is 67.7 Å². The standard InChI is InChI=1S/C40H49Cl3FN3O5Si/c1-10-50-37(48)28-22-27-34(32(42)31(33(44)35(27)46-36(28)43)26-15-11-13-23-14-12-16-29(41)30(23)26)45-24-17-19-47(38(49)52-39(2,3)4)25(21-24)18-20-51-53(8,9)40(5,6)7/h11-16,22,24-25,45H,10,17-21H2,1-9H3/t24-,25+/m0/s1. The molecule has 1 fully saturated rings. The molecular weight excluding hydrogens is 756 g/mol. The Morgan fingerprint density at radius 3 is 2.38 bits per heavy atom. The number of hydrogen-bond acceptors (Lipinski definition) is 7. The van der Waals surface area contributed by atoms with Crippen LogP contribution in [0.3, 0.4) is 0 Å². The summed E-state index contributed by atoms with van der Waals surface area (Å²) in [6, 6.07) is 12.0. The number of likely N-dealkylation sites (tertiary alicyclic amines) is 1. The molecule has 0 aliphatic carbocycles. The van der Waals surface area contributed by atoms with E-state index in [1.165, 1.54) is 6.07 Å². The minimum atomic E-state index is -2.05. The van der Waals surface area contributed by atoms with E-state index in [1.54, 1.807) is 24.0 Å². The molecular formula is C40H49Cl3FN3O5Si. The number of hydrogen-bond donors (Lipinski definition) is 1. The van der Waals surface area contributed by atoms with Crippen LogP contribution in [0.4, 0.5) is 14.9 Å². The Balaban J connectivity index is 1.61. The summed E-state index contributed by atoms with van der Waals surface area (Å²) in [4.78, 5) is 32.7. The third kappa shape index (κ3) is 8.88. The highest BCUT2D eigenvalue weighted by Gasteiger charge is 2.39. The molecule has 4 aromatic rings. The second kappa shape index (κ2) is 15.9. The second-order valence-corrected chi connectivity index (χ2v) is 22.0. The lowest BCUT2D eigenvalue weighted by molar-refractivity contribution is 0.00622. The maximum absolute atomic E-state index is 16.9. The molecule has 1 saturated heterocycles. The van der Waals surface area contributed by atoms with Gasteiger partial charge < -0.3 is 24.1 Å². The Morgan fingerprint density at radius 1 is 1.06 bits per heavy atom. The SMILES string of the molecule is CCOC(=O)c1cc2c(N[C@H]3CCN(C(=O)OC(C)(C)C)[C@H](CCO[Si](C)(C)C(C)(C)C)C3)c(Cl)c(-c3cccc4cccc(Cl)c34)c(F)c2nc1Cl. The van der Waals surface area contributed by atoms with E-state index in [0.29, 0.717) is 54.1 Å². The first kappa shape index (κ1) is 41.0. The Morgan fingerprint density at radius 2 is 1.74 bits per heavy atom. The van der Waals surface area contributed by atoms with Gasteiger partial charge in [-0.2, -0.15) is 0 Å². The van der Waals surface area contributed by atoms with Crippen molar-refractivity contribution in [3.63, 3.8) is 0 Å². The number of piperidine rings is 1. The Hall–Kier alpha value is -3.15. The number of benzene rings is 3. The van der Waals surface area contributed by atoms with Gasteiger partial charge in [0.15, 0.2) is 14.1 Å². The largest absolute Gasteiger partial charge is 0.462 e. The lowest BCUT2D eigenvalue weighted by Crippen LogP contribution is -2.51. The lowest BCUT2D eigenvalue weighted by atomic mass is 9.93. The molecule has 53 heavy (non-hydrogen) atoms. The predicted octanol–water partition coefficient (Wildman–Crippen LogP) is 11.9. The average Bonchev–Trinajstić information content (AvgIpc) is 3.05. The van der Waals surface area contributed by atoms with E-state index in [2.05, 4.69) is 44.2 Å². The van der Waals surface area contributed by atoms with Crippen LogP contribution in [0, 0.1) is 5.82 Å². The van der Waals surface area contributed by atoms with Crippen LogP contribution in [0.25, 0.3) is 32.8 Å². The Kier molecular flexibility index (Phi) is 12.3. The second-order valence-electron chi connectivity index (χ2n) is 16.1. The van der Waals surface area contributed by atoms with Gasteiger partial charge in [0.25, 0.3) is 0 Å². The van der Waals surface area contributed by atoms with Crippen LogP contribution in [-0.2, 0) is 13.9 Å². The molecule has 13 heteroatoms. The molecule has 1 N–H and O–H groups in total. The van der Waals surface area contributed by atoms with Crippen LogP contribution in [0.1, 0.15) is 78.1 Å². The van der Waals surface area contributed by atoms with Crippen LogP contribution >= 0.6 is 34.8 Å². The van der Waals surface area contributed by atoms with Gasteiger partial charge in [0.05, 0.1) is 22.9 Å². The molecule has 286 valence electrons. The van der Waals surface area contributed by atoms with E-state index in [1.807, 2.05) is 45.0 Å². The number of anilines is 1. The minimum absolute atomic E-state index is 0.0131. The summed E-state index contributed by atoms with van der Waals surface area (Å²) in [5.74, 6) is -1.40. The van der Waals surface area contributed by atoms with Gasteiger partial charge in [0, 0.05) is 46.6 Å². The Labute approximate surface area is 327 Å². The van der Waals surface area contributed by atoms with E-state index in [4.69, 9.17) is 48.7 Å². The molecule has 8 nitrogen and oxygen atoms in total. The number of fused-ring (bicyclic) bond motifs is 2. The van der Waals surface area contributed by atoms with Gasteiger partial charge in [-0.25, -0.2) is 19.0 Å². The van der Waals surface area contributed by atoms with Crippen LogP contribution < -0.4 is 5.32 Å². The predicted molar refractivity (Wildman–Crippen MR) is 217 cm³/mol. The van der Waals surface area contributed by atoms with Crippen molar-refractivity contribution in [3.05, 3.63) is 69.0 Å². The molecule has 0 spiro atoms. The number of ether oxygens (including phenoxy) is 2. The monoisotopic (exact) mass is 803 g/mol. The number of nitrogens with one attached hydrogen (secondary N) is 1. The summed E-state index contributed by atoms with van der Waals surface area (Å²) in [5, 5.41) is 5.66. The van der Waals surface area contributed by atoms with E-state index < -0.39 is 25.7 Å². The van der Waals surface area contributed by atoms with Gasteiger partial charge in [0.2, 0.25) is 0 Å². The number of pyridine rings is 1. The first-order valence-corrected chi connectivity index (χ1v) is 22.0. The van der Waals surface area contributed by atoms with E-state index >= 15 is 4.39 Å². The summed E-state index contributed by atoms with van der Waals surface area (Å²) in [5.41, 5.74) is 0.205. The third-order valence-electron chi connectivity index (χ3n) is 10.1. The van der Waals surface area contributed by atoms with Gasteiger partial charge in [0.1, 0.15) is 16.3 Å². The summed E-state index contributed by atoms with van der Waals surface area (Å²) < 4.78 is 34.5. The van der Waals surface area contributed by atoms with E-state index in [-0.39, 0.29) is 62.0 Å². The van der Waals surface area contributed by atoms with Crippen molar-refractivity contribution in [1.29, 1.82) is 0 Å². The number of esters is 1. The average molecular weight is 805 g/mol. The van der Waals surface area contributed by atoms with Crippen LogP contribution in [0.2, 0.25) is 33.3 Å². The van der Waals surface area contributed by atoms with Gasteiger partial charge in [-0.3, -0.25) is 0 Å². The van der Waals surface area contributed by atoms with E-state index in [9.17, 15) is 9.59 Å². The fraction of sp³-hybridized carbons (Fsp3) is 0.475. The van der Waals surface area contributed by atoms with Gasteiger partial charge in [-0.1, -0.05) is 85.9 Å². The fourth-order valence-electron chi connectivity index (χ4n) is 6.43. The zero-order valence-electron chi connectivity index (χ0n) is 31.9. The molecule has 0 bridgehead atoms. The molecule has 2 atom stereocenters. The number of rotatable bonds is 9. The Bertz CT molecular complexity index is 2030. The zero-order valence-corrected chi connectivity index (χ0v) is 35.2.